The SMILES string of the molecule is CCOC(C)(CC)C(=O)c1ccc(Cl)s1. The highest BCUT2D eigenvalue weighted by Crippen LogP contribution is 2.28. The van der Waals surface area contributed by atoms with E-state index in [0.29, 0.717) is 22.2 Å². The summed E-state index contributed by atoms with van der Waals surface area (Å²) >= 11 is 7.10. The first-order valence-corrected chi connectivity index (χ1v) is 6.17. The number of ether oxygens (including phenoxy) is 1. The molecule has 1 rings (SSSR count). The molecule has 0 aliphatic rings. The first-order valence-electron chi connectivity index (χ1n) is 4.97. The van der Waals surface area contributed by atoms with Gasteiger partial charge in [0.05, 0.1) is 9.21 Å². The van der Waals surface area contributed by atoms with Gasteiger partial charge < -0.3 is 4.74 Å². The summed E-state index contributed by atoms with van der Waals surface area (Å²) in [6.45, 7) is 6.20. The standard InChI is InChI=1S/C11H15ClO2S/c1-4-11(3,14-5-2)10(13)8-6-7-9(12)15-8/h6-7H,4-5H2,1-3H3. The van der Waals surface area contributed by atoms with Crippen LogP contribution in [0, 0.1) is 0 Å². The van der Waals surface area contributed by atoms with Gasteiger partial charge in [-0.05, 0) is 32.4 Å². The lowest BCUT2D eigenvalue weighted by atomic mass is 9.96. The summed E-state index contributed by atoms with van der Waals surface area (Å²) in [5, 5.41) is 0. The maximum absolute atomic E-state index is 12.1. The van der Waals surface area contributed by atoms with Crippen molar-refractivity contribution in [2.24, 2.45) is 0 Å². The number of Topliss-reactive ketones (excluding diaryl/α,β-unsaturated/α-hetero) is 1. The average Bonchev–Trinajstić information content (AvgIpc) is 2.64. The Morgan fingerprint density at radius 2 is 2.20 bits per heavy atom. The summed E-state index contributed by atoms with van der Waals surface area (Å²) in [4.78, 5) is 12.8. The van der Waals surface area contributed by atoms with Gasteiger partial charge in [0.1, 0.15) is 5.60 Å². The van der Waals surface area contributed by atoms with Crippen molar-refractivity contribution in [1.82, 2.24) is 0 Å². The van der Waals surface area contributed by atoms with Gasteiger partial charge >= 0.3 is 0 Å². The monoisotopic (exact) mass is 246 g/mol. The molecular weight excluding hydrogens is 232 g/mol. The van der Waals surface area contributed by atoms with Crippen molar-refractivity contribution in [3.63, 3.8) is 0 Å². The van der Waals surface area contributed by atoms with Crippen LogP contribution >= 0.6 is 22.9 Å². The van der Waals surface area contributed by atoms with E-state index < -0.39 is 5.60 Å². The van der Waals surface area contributed by atoms with Gasteiger partial charge in [-0.15, -0.1) is 11.3 Å². The predicted octanol–water partition coefficient (Wildman–Crippen LogP) is 3.79. The summed E-state index contributed by atoms with van der Waals surface area (Å²) < 4.78 is 6.15. The number of carbonyl (C=O) groups is 1. The zero-order valence-corrected chi connectivity index (χ0v) is 10.7. The van der Waals surface area contributed by atoms with Gasteiger partial charge in [0.2, 0.25) is 5.78 Å². The molecule has 0 aliphatic heterocycles. The van der Waals surface area contributed by atoms with E-state index in [-0.39, 0.29) is 5.78 Å². The van der Waals surface area contributed by atoms with Crippen LogP contribution in [0.2, 0.25) is 4.34 Å². The summed E-state index contributed by atoms with van der Waals surface area (Å²) in [6.07, 6.45) is 0.662. The molecule has 0 radical (unpaired) electrons. The lowest BCUT2D eigenvalue weighted by molar-refractivity contribution is -0.0112. The van der Waals surface area contributed by atoms with Gasteiger partial charge in [0.25, 0.3) is 0 Å². The number of hydrogen-bond acceptors (Lipinski definition) is 3. The smallest absolute Gasteiger partial charge is 0.204 e. The molecule has 0 spiro atoms. The molecule has 15 heavy (non-hydrogen) atoms. The molecule has 1 unspecified atom stereocenters. The fourth-order valence-electron chi connectivity index (χ4n) is 1.34. The summed E-state index contributed by atoms with van der Waals surface area (Å²) in [7, 11) is 0. The van der Waals surface area contributed by atoms with Crippen LogP contribution in [-0.2, 0) is 4.74 Å². The van der Waals surface area contributed by atoms with Crippen LogP contribution < -0.4 is 0 Å². The molecule has 2 nitrogen and oxygen atoms in total. The lowest BCUT2D eigenvalue weighted by Gasteiger charge is -2.25. The van der Waals surface area contributed by atoms with E-state index in [2.05, 4.69) is 0 Å². The van der Waals surface area contributed by atoms with Crippen molar-refractivity contribution in [1.29, 1.82) is 0 Å². The third-order valence-corrected chi connectivity index (χ3v) is 3.64. The van der Waals surface area contributed by atoms with Crippen molar-refractivity contribution in [3.8, 4) is 0 Å². The van der Waals surface area contributed by atoms with E-state index in [0.717, 1.165) is 0 Å². The highest BCUT2D eigenvalue weighted by Gasteiger charge is 2.33. The molecule has 1 aromatic heterocycles. The Balaban J connectivity index is 2.91. The Bertz CT molecular complexity index is 348. The number of halogens is 1. The van der Waals surface area contributed by atoms with Crippen LogP contribution in [0.3, 0.4) is 0 Å². The summed E-state index contributed by atoms with van der Waals surface area (Å²) in [5.74, 6) is 0.0174. The van der Waals surface area contributed by atoms with Crippen molar-refractivity contribution in [3.05, 3.63) is 21.3 Å². The minimum Gasteiger partial charge on any atom is -0.367 e. The number of rotatable bonds is 5. The molecule has 0 bridgehead atoms. The maximum Gasteiger partial charge on any atom is 0.204 e. The van der Waals surface area contributed by atoms with Crippen LogP contribution in [0.1, 0.15) is 36.9 Å². The maximum atomic E-state index is 12.1. The molecular formula is C11H15ClO2S. The Morgan fingerprint density at radius 3 is 2.60 bits per heavy atom. The van der Waals surface area contributed by atoms with Gasteiger partial charge in [-0.1, -0.05) is 18.5 Å². The van der Waals surface area contributed by atoms with Gasteiger partial charge in [-0.2, -0.15) is 0 Å². The van der Waals surface area contributed by atoms with Crippen LogP contribution in [0.15, 0.2) is 12.1 Å². The third kappa shape index (κ3) is 2.80. The van der Waals surface area contributed by atoms with E-state index >= 15 is 0 Å². The molecule has 1 aromatic rings. The molecule has 0 fully saturated rings. The minimum atomic E-state index is -0.719. The lowest BCUT2D eigenvalue weighted by Crippen LogP contribution is -2.37. The zero-order valence-electron chi connectivity index (χ0n) is 9.17. The molecule has 0 N–H and O–H groups in total. The van der Waals surface area contributed by atoms with Crippen LogP contribution in [0.4, 0.5) is 0 Å². The molecule has 1 heterocycles. The van der Waals surface area contributed by atoms with Crippen molar-refractivity contribution >= 4 is 28.7 Å². The largest absolute Gasteiger partial charge is 0.367 e. The van der Waals surface area contributed by atoms with Crippen molar-refractivity contribution in [2.75, 3.05) is 6.61 Å². The van der Waals surface area contributed by atoms with Gasteiger partial charge in [0.15, 0.2) is 0 Å². The van der Waals surface area contributed by atoms with E-state index in [4.69, 9.17) is 16.3 Å². The zero-order chi connectivity index (χ0) is 11.5. The van der Waals surface area contributed by atoms with E-state index in [1.54, 1.807) is 12.1 Å². The Hall–Kier alpha value is -0.380. The second-order valence-corrected chi connectivity index (χ2v) is 5.17. The van der Waals surface area contributed by atoms with Crippen molar-refractivity contribution in [2.45, 2.75) is 32.8 Å². The minimum absolute atomic E-state index is 0.0174. The van der Waals surface area contributed by atoms with Crippen LogP contribution in [0.5, 0.6) is 0 Å². The third-order valence-electron chi connectivity index (χ3n) is 2.41. The Morgan fingerprint density at radius 1 is 1.53 bits per heavy atom. The predicted molar refractivity (Wildman–Crippen MR) is 64.0 cm³/mol. The second-order valence-electron chi connectivity index (χ2n) is 3.45. The molecule has 1 atom stereocenters. The van der Waals surface area contributed by atoms with Gasteiger partial charge in [-0.25, -0.2) is 0 Å². The normalized spacial score (nSPS) is 14.9. The molecule has 0 aliphatic carbocycles. The quantitative estimate of drug-likeness (QED) is 0.739. The van der Waals surface area contributed by atoms with E-state index in [1.165, 1.54) is 11.3 Å². The second kappa shape index (κ2) is 5.10. The van der Waals surface area contributed by atoms with Gasteiger partial charge in [-0.3, -0.25) is 4.79 Å². The fourth-order valence-corrected chi connectivity index (χ4v) is 2.45. The number of carbonyl (C=O) groups excluding carboxylic acids is 1. The fraction of sp³-hybridized carbons (Fsp3) is 0.545. The molecule has 0 aromatic carbocycles. The molecule has 0 amide bonds. The first kappa shape index (κ1) is 12.7. The molecule has 0 saturated carbocycles. The Labute approximate surface area is 99.2 Å². The number of thiophene rings is 1. The van der Waals surface area contributed by atoms with Crippen molar-refractivity contribution < 1.29 is 9.53 Å². The van der Waals surface area contributed by atoms with Crippen LogP contribution in [0.25, 0.3) is 0 Å². The molecule has 84 valence electrons. The highest BCUT2D eigenvalue weighted by molar-refractivity contribution is 7.18. The first-order chi connectivity index (χ1) is 7.03. The highest BCUT2D eigenvalue weighted by atomic mass is 35.5. The average molecular weight is 247 g/mol. The molecule has 0 saturated heterocycles. The summed E-state index contributed by atoms with van der Waals surface area (Å²) in [6, 6.07) is 3.49. The topological polar surface area (TPSA) is 26.3 Å². The molecule has 4 heteroatoms. The Kier molecular flexibility index (Phi) is 4.32. The van der Waals surface area contributed by atoms with Gasteiger partial charge in [0, 0.05) is 6.61 Å². The van der Waals surface area contributed by atoms with E-state index in [9.17, 15) is 4.79 Å². The number of ketones is 1. The van der Waals surface area contributed by atoms with Crippen LogP contribution in [-0.4, -0.2) is 18.0 Å². The van der Waals surface area contributed by atoms with E-state index in [1.807, 2.05) is 20.8 Å². The summed E-state index contributed by atoms with van der Waals surface area (Å²) in [5.41, 5.74) is -0.719. The number of hydrogen-bond donors (Lipinski definition) is 0.